The Kier molecular flexibility index (Phi) is 2.52. The molecule has 1 aliphatic heterocycles. The summed E-state index contributed by atoms with van der Waals surface area (Å²) in [5.41, 5.74) is 2.25. The van der Waals surface area contributed by atoms with Crippen molar-refractivity contribution in [2.24, 2.45) is 0 Å². The number of nitrogens with one attached hydrogen (secondary N) is 2. The predicted molar refractivity (Wildman–Crippen MR) is 64.7 cm³/mol. The highest BCUT2D eigenvalue weighted by atomic mass is 16.3. The van der Waals surface area contributed by atoms with Gasteiger partial charge in [-0.1, -0.05) is 18.2 Å². The summed E-state index contributed by atoms with van der Waals surface area (Å²) in [6, 6.07) is 7.99. The molecule has 1 amide bonds. The van der Waals surface area contributed by atoms with Crippen LogP contribution in [0.1, 0.15) is 18.4 Å². The minimum absolute atomic E-state index is 0.0399. The summed E-state index contributed by atoms with van der Waals surface area (Å²) in [4.78, 5) is 12.0. The van der Waals surface area contributed by atoms with Crippen molar-refractivity contribution in [1.29, 1.82) is 0 Å². The highest BCUT2D eigenvalue weighted by molar-refractivity contribution is 5.87. The molecule has 17 heavy (non-hydrogen) atoms. The largest absolute Gasteiger partial charge is 0.393 e. The third kappa shape index (κ3) is 2.00. The van der Waals surface area contributed by atoms with E-state index in [4.69, 9.17) is 0 Å². The van der Waals surface area contributed by atoms with Crippen LogP contribution in [0, 0.1) is 0 Å². The number of carbonyl (C=O) groups excluding carboxylic acids is 1. The smallest absolute Gasteiger partial charge is 0.243 e. The van der Waals surface area contributed by atoms with Gasteiger partial charge in [-0.05, 0) is 24.5 Å². The maximum atomic E-state index is 12.0. The average molecular weight is 232 g/mol. The summed E-state index contributed by atoms with van der Waals surface area (Å²) in [5, 5.41) is 15.4. The number of para-hydroxylation sites is 1. The molecule has 4 nitrogen and oxygen atoms in total. The quantitative estimate of drug-likeness (QED) is 0.702. The number of hydrogen-bond acceptors (Lipinski definition) is 3. The van der Waals surface area contributed by atoms with Gasteiger partial charge in [-0.15, -0.1) is 0 Å². The molecule has 4 heteroatoms. The summed E-state index contributed by atoms with van der Waals surface area (Å²) < 4.78 is 0. The Morgan fingerprint density at radius 3 is 2.82 bits per heavy atom. The lowest BCUT2D eigenvalue weighted by molar-refractivity contribution is -0.123. The molecule has 0 saturated heterocycles. The number of aliphatic hydroxyl groups excluding tert-OH is 1. The normalized spacial score (nSPS) is 30.1. The van der Waals surface area contributed by atoms with Gasteiger partial charge >= 0.3 is 0 Å². The highest BCUT2D eigenvalue weighted by Crippen LogP contribution is 2.26. The van der Waals surface area contributed by atoms with Gasteiger partial charge in [0.15, 0.2) is 0 Å². The number of benzene rings is 1. The van der Waals surface area contributed by atoms with Crippen LogP contribution in [0.2, 0.25) is 0 Å². The molecule has 3 N–H and O–H groups in total. The van der Waals surface area contributed by atoms with Crippen molar-refractivity contribution in [1.82, 2.24) is 5.32 Å². The molecule has 0 radical (unpaired) electrons. The van der Waals surface area contributed by atoms with Crippen LogP contribution in [0.5, 0.6) is 0 Å². The summed E-state index contributed by atoms with van der Waals surface area (Å²) in [5.74, 6) is 0.0399. The van der Waals surface area contributed by atoms with E-state index < -0.39 is 0 Å². The van der Waals surface area contributed by atoms with E-state index >= 15 is 0 Å². The molecule has 0 spiro atoms. The molecule has 0 unspecified atom stereocenters. The molecule has 1 atom stereocenters. The first-order chi connectivity index (χ1) is 8.22. The second-order valence-corrected chi connectivity index (χ2v) is 4.89. The predicted octanol–water partition coefficient (Wildman–Crippen LogP) is 0.663. The Hall–Kier alpha value is -1.55. The van der Waals surface area contributed by atoms with Gasteiger partial charge in [-0.25, -0.2) is 0 Å². The van der Waals surface area contributed by atoms with Gasteiger partial charge < -0.3 is 15.7 Å². The Labute approximate surface area is 100 Å². The van der Waals surface area contributed by atoms with Crippen molar-refractivity contribution in [3.05, 3.63) is 29.8 Å². The number of aliphatic hydroxyl groups is 1. The van der Waals surface area contributed by atoms with Crippen molar-refractivity contribution >= 4 is 11.6 Å². The van der Waals surface area contributed by atoms with Crippen LogP contribution in [0.4, 0.5) is 5.69 Å². The van der Waals surface area contributed by atoms with Crippen molar-refractivity contribution < 1.29 is 9.90 Å². The second kappa shape index (κ2) is 4.04. The van der Waals surface area contributed by atoms with Gasteiger partial charge in [0, 0.05) is 18.2 Å². The lowest BCUT2D eigenvalue weighted by atomic mass is 9.89. The van der Waals surface area contributed by atoms with Crippen molar-refractivity contribution in [2.75, 3.05) is 5.32 Å². The van der Waals surface area contributed by atoms with Crippen LogP contribution in [0.25, 0.3) is 0 Å². The lowest BCUT2D eigenvalue weighted by Crippen LogP contribution is -2.51. The summed E-state index contributed by atoms with van der Waals surface area (Å²) >= 11 is 0. The van der Waals surface area contributed by atoms with Crippen LogP contribution in [-0.4, -0.2) is 29.2 Å². The van der Waals surface area contributed by atoms with E-state index in [0.717, 1.165) is 12.1 Å². The first kappa shape index (κ1) is 10.6. The van der Waals surface area contributed by atoms with E-state index in [2.05, 4.69) is 10.6 Å². The third-order valence-electron chi connectivity index (χ3n) is 3.55. The fourth-order valence-corrected chi connectivity index (χ4v) is 2.46. The first-order valence-corrected chi connectivity index (χ1v) is 6.05. The van der Waals surface area contributed by atoms with Gasteiger partial charge in [0.1, 0.15) is 6.04 Å². The fourth-order valence-electron chi connectivity index (χ4n) is 2.46. The molecule has 1 fully saturated rings. The molecule has 1 heterocycles. The molecule has 0 aromatic heterocycles. The first-order valence-electron chi connectivity index (χ1n) is 6.05. The van der Waals surface area contributed by atoms with E-state index in [1.54, 1.807) is 0 Å². The molecule has 0 bridgehead atoms. The molecular weight excluding hydrogens is 216 g/mol. The van der Waals surface area contributed by atoms with Gasteiger partial charge in [-0.2, -0.15) is 0 Å². The number of anilines is 1. The van der Waals surface area contributed by atoms with Gasteiger partial charge in [0.25, 0.3) is 0 Å². The summed E-state index contributed by atoms with van der Waals surface area (Å²) in [6.45, 7) is 0. The van der Waals surface area contributed by atoms with Crippen LogP contribution < -0.4 is 10.6 Å². The zero-order chi connectivity index (χ0) is 11.8. The van der Waals surface area contributed by atoms with E-state index in [9.17, 15) is 9.90 Å². The zero-order valence-electron chi connectivity index (χ0n) is 9.52. The average Bonchev–Trinajstić information content (AvgIpc) is 2.70. The molecule has 1 aromatic rings. The van der Waals surface area contributed by atoms with E-state index in [0.29, 0.717) is 12.8 Å². The summed E-state index contributed by atoms with van der Waals surface area (Å²) in [6.07, 6.45) is 1.89. The van der Waals surface area contributed by atoms with Gasteiger partial charge in [-0.3, -0.25) is 4.79 Å². The number of fused-ring (bicyclic) bond motifs is 1. The molecule has 1 aliphatic carbocycles. The molecule has 1 aromatic carbocycles. The van der Waals surface area contributed by atoms with Crippen molar-refractivity contribution in [2.45, 2.75) is 37.5 Å². The Bertz CT molecular complexity index is 416. The maximum Gasteiger partial charge on any atom is 0.243 e. The van der Waals surface area contributed by atoms with Crippen molar-refractivity contribution in [3.63, 3.8) is 0 Å². The summed E-state index contributed by atoms with van der Waals surface area (Å²) in [7, 11) is 0. The van der Waals surface area contributed by atoms with Crippen LogP contribution in [-0.2, 0) is 11.2 Å². The molecule has 1 saturated carbocycles. The Morgan fingerprint density at radius 1 is 1.35 bits per heavy atom. The molecule has 2 aliphatic rings. The van der Waals surface area contributed by atoms with Crippen LogP contribution in [0.15, 0.2) is 24.3 Å². The maximum absolute atomic E-state index is 12.0. The standard InChI is InChI=1S/C13H16N2O2/c16-10-6-9(7-10)14-13(17)12-5-8-3-1-2-4-11(8)15-12/h1-4,9-10,12,15-16H,5-7H2,(H,14,17)/t9?,10?,12-/m0/s1. The Balaban J connectivity index is 1.59. The fraction of sp³-hybridized carbons (Fsp3) is 0.462. The number of amides is 1. The SMILES string of the molecule is O=C(NC1CC(O)C1)[C@@H]1Cc2ccccc2N1. The Morgan fingerprint density at radius 2 is 2.12 bits per heavy atom. The van der Waals surface area contributed by atoms with Crippen LogP contribution in [0.3, 0.4) is 0 Å². The molecule has 3 rings (SSSR count). The zero-order valence-corrected chi connectivity index (χ0v) is 9.52. The second-order valence-electron chi connectivity index (χ2n) is 4.89. The third-order valence-corrected chi connectivity index (χ3v) is 3.55. The van der Waals surface area contributed by atoms with Gasteiger partial charge in [0.2, 0.25) is 5.91 Å². The number of rotatable bonds is 2. The minimum Gasteiger partial charge on any atom is -0.393 e. The van der Waals surface area contributed by atoms with E-state index in [1.807, 2.05) is 24.3 Å². The molecular formula is C13H16N2O2. The molecule has 90 valence electrons. The van der Waals surface area contributed by atoms with E-state index in [1.165, 1.54) is 5.56 Å². The van der Waals surface area contributed by atoms with Gasteiger partial charge in [0.05, 0.1) is 6.10 Å². The highest BCUT2D eigenvalue weighted by Gasteiger charge is 2.32. The van der Waals surface area contributed by atoms with Crippen LogP contribution >= 0.6 is 0 Å². The van der Waals surface area contributed by atoms with Crippen molar-refractivity contribution in [3.8, 4) is 0 Å². The monoisotopic (exact) mass is 232 g/mol. The lowest BCUT2D eigenvalue weighted by Gasteiger charge is -2.32. The van der Waals surface area contributed by atoms with E-state index in [-0.39, 0.29) is 24.1 Å². The number of carbonyl (C=O) groups is 1. The topological polar surface area (TPSA) is 61.4 Å². The number of hydrogen-bond donors (Lipinski definition) is 3. The minimum atomic E-state index is -0.228.